The molecule has 0 atom stereocenters. The minimum Gasteiger partial charge on any atom is -0.310 e. The number of nitrogens with zero attached hydrogens (tertiary/aromatic N) is 3. The van der Waals surface area contributed by atoms with E-state index in [1.807, 2.05) is 0 Å². The van der Waals surface area contributed by atoms with Gasteiger partial charge in [0.2, 0.25) is 0 Å². The molecule has 0 aliphatic carbocycles. The minimum atomic E-state index is 0.719. The molecule has 0 bridgehead atoms. The van der Waals surface area contributed by atoms with Gasteiger partial charge < -0.3 is 10.2 Å². The number of piperidine rings is 1. The fraction of sp³-hybridized carbons (Fsp3) is 0.812. The maximum atomic E-state index is 4.75. The van der Waals surface area contributed by atoms with Gasteiger partial charge in [0, 0.05) is 24.5 Å². The molecule has 0 amide bonds. The summed E-state index contributed by atoms with van der Waals surface area (Å²) < 4.78 is 0. The molecule has 1 aliphatic heterocycles. The van der Waals surface area contributed by atoms with Gasteiger partial charge in [-0.2, -0.15) is 0 Å². The number of nitrogens with one attached hydrogen (secondary N) is 1. The number of hydrogen-bond donors (Lipinski definition) is 1. The molecule has 1 N–H and O–H groups in total. The predicted molar refractivity (Wildman–Crippen MR) is 90.7 cm³/mol. The minimum absolute atomic E-state index is 0.719. The second kappa shape index (κ2) is 8.83. The third kappa shape index (κ3) is 5.33. The highest BCUT2D eigenvalue weighted by atomic mass is 32.1. The average Bonchev–Trinajstić information content (AvgIpc) is 2.95. The SMILES string of the molecule is CCCNCc1nc(CN(C)C2CCN(CC)CC2)cs1. The summed E-state index contributed by atoms with van der Waals surface area (Å²) in [5, 5.41) is 6.86. The molecule has 4 nitrogen and oxygen atoms in total. The van der Waals surface area contributed by atoms with Gasteiger partial charge in [0.1, 0.15) is 5.01 Å². The zero-order valence-electron chi connectivity index (χ0n) is 13.8. The van der Waals surface area contributed by atoms with Gasteiger partial charge in [0.25, 0.3) is 0 Å². The molecular formula is C16H30N4S. The fourth-order valence-corrected chi connectivity index (χ4v) is 3.69. The van der Waals surface area contributed by atoms with E-state index in [1.165, 1.54) is 49.6 Å². The van der Waals surface area contributed by atoms with E-state index in [9.17, 15) is 0 Å². The highest BCUT2D eigenvalue weighted by Gasteiger charge is 2.22. The monoisotopic (exact) mass is 310 g/mol. The van der Waals surface area contributed by atoms with Gasteiger partial charge in [-0.3, -0.25) is 4.90 Å². The van der Waals surface area contributed by atoms with Gasteiger partial charge in [-0.05, 0) is 52.5 Å². The van der Waals surface area contributed by atoms with Crippen LogP contribution < -0.4 is 5.32 Å². The molecule has 0 radical (unpaired) electrons. The van der Waals surface area contributed by atoms with Gasteiger partial charge in [0.15, 0.2) is 0 Å². The number of hydrogen-bond acceptors (Lipinski definition) is 5. The van der Waals surface area contributed by atoms with E-state index in [-0.39, 0.29) is 0 Å². The van der Waals surface area contributed by atoms with Crippen LogP contribution in [0, 0.1) is 0 Å². The second-order valence-corrected chi connectivity index (χ2v) is 6.93. The molecule has 5 heteroatoms. The third-order valence-electron chi connectivity index (χ3n) is 4.34. The largest absolute Gasteiger partial charge is 0.310 e. The second-order valence-electron chi connectivity index (χ2n) is 5.99. The summed E-state index contributed by atoms with van der Waals surface area (Å²) in [5.41, 5.74) is 1.23. The Morgan fingerprint density at radius 1 is 1.38 bits per heavy atom. The molecule has 21 heavy (non-hydrogen) atoms. The molecule has 0 spiro atoms. The van der Waals surface area contributed by atoms with Crippen molar-refractivity contribution >= 4 is 11.3 Å². The van der Waals surface area contributed by atoms with E-state index < -0.39 is 0 Å². The Morgan fingerprint density at radius 3 is 2.81 bits per heavy atom. The quantitative estimate of drug-likeness (QED) is 0.748. The standard InChI is InChI=1S/C16H30N4S/c1-4-8-17-11-16-18-14(13-21-16)12-19(3)15-6-9-20(5-2)10-7-15/h13,15,17H,4-12H2,1-3H3. The van der Waals surface area contributed by atoms with Crippen LogP contribution in [0.25, 0.3) is 0 Å². The van der Waals surface area contributed by atoms with Gasteiger partial charge in [-0.1, -0.05) is 13.8 Å². The van der Waals surface area contributed by atoms with Crippen molar-refractivity contribution in [1.29, 1.82) is 0 Å². The van der Waals surface area contributed by atoms with Crippen LogP contribution in [0.3, 0.4) is 0 Å². The Balaban J connectivity index is 1.76. The zero-order valence-corrected chi connectivity index (χ0v) is 14.6. The summed E-state index contributed by atoms with van der Waals surface area (Å²) in [7, 11) is 2.25. The van der Waals surface area contributed by atoms with E-state index in [0.717, 1.165) is 25.7 Å². The van der Waals surface area contributed by atoms with E-state index in [2.05, 4.69) is 41.4 Å². The molecule has 120 valence electrons. The molecule has 1 aromatic rings. The summed E-state index contributed by atoms with van der Waals surface area (Å²) in [6.45, 7) is 11.1. The lowest BCUT2D eigenvalue weighted by Gasteiger charge is -2.36. The lowest BCUT2D eigenvalue weighted by molar-refractivity contribution is 0.126. The van der Waals surface area contributed by atoms with Crippen molar-refractivity contribution in [3.63, 3.8) is 0 Å². The van der Waals surface area contributed by atoms with E-state index in [1.54, 1.807) is 11.3 Å². The number of aromatic nitrogens is 1. The number of rotatable bonds is 8. The van der Waals surface area contributed by atoms with E-state index in [0.29, 0.717) is 0 Å². The first-order valence-corrected chi connectivity index (χ1v) is 9.17. The molecule has 2 rings (SSSR count). The molecular weight excluding hydrogens is 280 g/mol. The Labute approximate surface area is 133 Å². The first-order chi connectivity index (χ1) is 10.2. The maximum Gasteiger partial charge on any atom is 0.107 e. The van der Waals surface area contributed by atoms with Crippen molar-refractivity contribution < 1.29 is 0 Å². The lowest BCUT2D eigenvalue weighted by atomic mass is 10.0. The van der Waals surface area contributed by atoms with Crippen molar-refractivity contribution in [2.75, 3.05) is 33.2 Å². The van der Waals surface area contributed by atoms with Crippen LogP contribution in [0.1, 0.15) is 43.8 Å². The first kappa shape index (κ1) is 16.9. The molecule has 0 aromatic carbocycles. The highest BCUT2D eigenvalue weighted by molar-refractivity contribution is 7.09. The first-order valence-electron chi connectivity index (χ1n) is 8.29. The van der Waals surface area contributed by atoms with E-state index in [4.69, 9.17) is 4.98 Å². The predicted octanol–water partition coefficient (Wildman–Crippen LogP) is 2.56. The molecule has 0 saturated carbocycles. The van der Waals surface area contributed by atoms with Crippen LogP contribution in [0.2, 0.25) is 0 Å². The van der Waals surface area contributed by atoms with Crippen LogP contribution in [-0.2, 0) is 13.1 Å². The summed E-state index contributed by atoms with van der Waals surface area (Å²) in [6.07, 6.45) is 3.76. The molecule has 1 saturated heterocycles. The molecule has 0 unspecified atom stereocenters. The van der Waals surface area contributed by atoms with Crippen molar-refractivity contribution in [1.82, 2.24) is 20.1 Å². The van der Waals surface area contributed by atoms with Crippen LogP contribution in [-0.4, -0.2) is 54.1 Å². The van der Waals surface area contributed by atoms with Gasteiger partial charge >= 0.3 is 0 Å². The lowest BCUT2D eigenvalue weighted by Crippen LogP contribution is -2.42. The zero-order chi connectivity index (χ0) is 15.1. The van der Waals surface area contributed by atoms with Crippen molar-refractivity contribution in [3.05, 3.63) is 16.1 Å². The third-order valence-corrected chi connectivity index (χ3v) is 5.24. The van der Waals surface area contributed by atoms with Crippen molar-refractivity contribution in [2.24, 2.45) is 0 Å². The van der Waals surface area contributed by atoms with Crippen LogP contribution >= 0.6 is 11.3 Å². The molecule has 1 fully saturated rings. The number of thiazole rings is 1. The maximum absolute atomic E-state index is 4.75. The van der Waals surface area contributed by atoms with Crippen LogP contribution in [0.15, 0.2) is 5.38 Å². The Kier molecular flexibility index (Phi) is 7.10. The smallest absolute Gasteiger partial charge is 0.107 e. The topological polar surface area (TPSA) is 31.4 Å². The summed E-state index contributed by atoms with van der Waals surface area (Å²) in [6, 6.07) is 0.719. The molecule has 1 aliphatic rings. The summed E-state index contributed by atoms with van der Waals surface area (Å²) in [4.78, 5) is 9.79. The average molecular weight is 311 g/mol. The fourth-order valence-electron chi connectivity index (χ4n) is 2.94. The number of likely N-dealkylation sites (tertiary alicyclic amines) is 1. The van der Waals surface area contributed by atoms with Crippen LogP contribution in [0.5, 0.6) is 0 Å². The molecule has 2 heterocycles. The Hall–Kier alpha value is -0.490. The van der Waals surface area contributed by atoms with Crippen LogP contribution in [0.4, 0.5) is 0 Å². The summed E-state index contributed by atoms with van der Waals surface area (Å²) in [5.74, 6) is 0. The van der Waals surface area contributed by atoms with Crippen molar-refractivity contribution in [3.8, 4) is 0 Å². The molecule has 1 aromatic heterocycles. The Morgan fingerprint density at radius 2 is 2.14 bits per heavy atom. The highest BCUT2D eigenvalue weighted by Crippen LogP contribution is 2.18. The van der Waals surface area contributed by atoms with E-state index >= 15 is 0 Å². The van der Waals surface area contributed by atoms with Gasteiger partial charge in [-0.15, -0.1) is 11.3 Å². The van der Waals surface area contributed by atoms with Gasteiger partial charge in [0.05, 0.1) is 5.69 Å². The normalized spacial score (nSPS) is 17.7. The Bertz CT molecular complexity index is 399. The summed E-state index contributed by atoms with van der Waals surface area (Å²) >= 11 is 1.78. The van der Waals surface area contributed by atoms with Gasteiger partial charge in [-0.25, -0.2) is 4.98 Å². The van der Waals surface area contributed by atoms with Crippen molar-refractivity contribution in [2.45, 2.75) is 52.2 Å².